The molecule has 0 unspecified atom stereocenters. The number of aryl methyl sites for hydroxylation is 1. The molecule has 0 saturated carbocycles. The zero-order chi connectivity index (χ0) is 27.4. The number of ether oxygens (including phenoxy) is 4. The van der Waals surface area contributed by atoms with Crippen LogP contribution in [0.1, 0.15) is 16.7 Å². The number of benzene rings is 2. The van der Waals surface area contributed by atoms with Crippen LogP contribution in [0.15, 0.2) is 91.3 Å². The maximum Gasteiger partial charge on any atom is 0.231 e. The lowest BCUT2D eigenvalue weighted by atomic mass is 10.1. The monoisotopic (exact) mass is 572 g/mol. The van der Waals surface area contributed by atoms with E-state index in [4.69, 9.17) is 18.9 Å². The van der Waals surface area contributed by atoms with Crippen molar-refractivity contribution in [1.82, 2.24) is 0 Å². The Labute approximate surface area is 243 Å². The highest BCUT2D eigenvalue weighted by Crippen LogP contribution is 2.33. The quantitative estimate of drug-likeness (QED) is 0.103. The number of fused-ring (bicyclic) bond motifs is 2. The summed E-state index contributed by atoms with van der Waals surface area (Å²) in [5, 5.41) is 0. The van der Waals surface area contributed by atoms with E-state index in [-0.39, 0.29) is 6.79 Å². The highest BCUT2D eigenvalue weighted by molar-refractivity contribution is 8.76. The maximum atomic E-state index is 5.45. The average Bonchev–Trinajstić information content (AvgIpc) is 3.66. The molecule has 0 fully saturated rings. The zero-order valence-electron chi connectivity index (χ0n) is 22.2. The number of allylic oxidation sites excluding steroid dienone is 4. The highest BCUT2D eigenvalue weighted by atomic mass is 33.1. The van der Waals surface area contributed by atoms with Crippen molar-refractivity contribution in [3.05, 3.63) is 108 Å². The molecule has 2 aromatic carbocycles. The van der Waals surface area contributed by atoms with Gasteiger partial charge in [0.25, 0.3) is 0 Å². The lowest BCUT2D eigenvalue weighted by molar-refractivity contribution is -0.692. The zero-order valence-corrected chi connectivity index (χ0v) is 23.8. The minimum absolute atomic E-state index is 0.286. The number of hydrogen-bond donors (Lipinski definition) is 1. The first-order valence-electron chi connectivity index (χ1n) is 13.1. The van der Waals surface area contributed by atoms with E-state index in [9.17, 15) is 0 Å². The molecular weight excluding hydrogens is 540 g/mol. The number of nitrogens with one attached hydrogen (secondary N) is 1. The second kappa shape index (κ2) is 14.5. The number of pyridine rings is 1. The molecule has 0 aliphatic carbocycles. The van der Waals surface area contributed by atoms with Crippen molar-refractivity contribution >= 4 is 46.0 Å². The van der Waals surface area contributed by atoms with Crippen molar-refractivity contribution < 1.29 is 28.5 Å². The van der Waals surface area contributed by atoms with Gasteiger partial charge in [0.2, 0.25) is 13.6 Å². The molecule has 8 heteroatoms. The maximum absolute atomic E-state index is 5.45. The molecule has 0 atom stereocenters. The predicted molar refractivity (Wildman–Crippen MR) is 165 cm³/mol. The summed E-state index contributed by atoms with van der Waals surface area (Å²) in [6.07, 6.45) is 18.4. The van der Waals surface area contributed by atoms with E-state index in [0.717, 1.165) is 69.9 Å². The summed E-state index contributed by atoms with van der Waals surface area (Å²) in [6.45, 7) is 6.37. The molecule has 6 nitrogen and oxygen atoms in total. The molecule has 3 heterocycles. The Morgan fingerprint density at radius 1 is 0.775 bits per heavy atom. The molecule has 1 aromatic heterocycles. The first kappa shape index (κ1) is 27.7. The summed E-state index contributed by atoms with van der Waals surface area (Å²) in [4.78, 5) is 3.35. The molecule has 0 amide bonds. The van der Waals surface area contributed by atoms with E-state index in [0.29, 0.717) is 6.79 Å². The third kappa shape index (κ3) is 8.07. The fourth-order valence-corrected chi connectivity index (χ4v) is 5.84. The first-order valence-corrected chi connectivity index (χ1v) is 15.5. The van der Waals surface area contributed by atoms with Crippen molar-refractivity contribution in [2.24, 2.45) is 0 Å². The summed E-state index contributed by atoms with van der Waals surface area (Å²) in [5.74, 6) is 5.27. The van der Waals surface area contributed by atoms with Crippen molar-refractivity contribution in [1.29, 1.82) is 0 Å². The first-order chi connectivity index (χ1) is 19.8. The van der Waals surface area contributed by atoms with Gasteiger partial charge in [-0.15, -0.1) is 0 Å². The Morgan fingerprint density at radius 3 is 2.10 bits per heavy atom. The highest BCUT2D eigenvalue weighted by Gasteiger charge is 2.13. The molecule has 0 spiro atoms. The van der Waals surface area contributed by atoms with Crippen LogP contribution in [-0.2, 0) is 6.54 Å². The van der Waals surface area contributed by atoms with Crippen molar-refractivity contribution in [2.45, 2.75) is 6.54 Å². The van der Waals surface area contributed by atoms with Gasteiger partial charge in [0, 0.05) is 18.2 Å². The molecule has 0 radical (unpaired) electrons. The molecular formula is C32H32N2O4S2+2. The molecule has 2 aliphatic rings. The van der Waals surface area contributed by atoms with Crippen LogP contribution in [0.2, 0.25) is 0 Å². The largest absolute Gasteiger partial charge is 0.454 e. The summed E-state index contributed by atoms with van der Waals surface area (Å²) < 4.78 is 23.8. The summed E-state index contributed by atoms with van der Waals surface area (Å²) in [6, 6.07) is 16.2. The topological polar surface area (TPSA) is 54.8 Å². The van der Waals surface area contributed by atoms with Crippen molar-refractivity contribution in [2.75, 3.05) is 31.6 Å². The van der Waals surface area contributed by atoms with Crippen LogP contribution >= 0.6 is 21.6 Å². The molecule has 5 rings (SSSR count). The number of aromatic nitrogens is 1. The Hall–Kier alpha value is -3.88. The summed E-state index contributed by atoms with van der Waals surface area (Å²) >= 11 is 0. The van der Waals surface area contributed by atoms with E-state index < -0.39 is 0 Å². The normalized spacial score (nSPS) is 14.2. The minimum Gasteiger partial charge on any atom is -0.454 e. The standard InChI is InChI=1S/C32H31N2O4S2/c1-2-25(3-5-27-7-9-29-31(21-27)37-23-35-29)11-14-33-15-19-39-40-20-18-34-16-12-26(13-17-34)4-6-28-8-10-30-32(22-28)38-24-36-30/h2-14,16-17,21-22H,1,15,18-20,23-24H2/q+1/p+1/b5-3+,6-4+,25-11+,33-14?. The van der Waals surface area contributed by atoms with E-state index >= 15 is 0 Å². The number of hydrogen-bond acceptors (Lipinski definition) is 6. The summed E-state index contributed by atoms with van der Waals surface area (Å²) in [5.41, 5.74) is 4.34. The van der Waals surface area contributed by atoms with E-state index in [1.807, 2.05) is 88.5 Å². The fraction of sp³-hybridized carbons (Fsp3) is 0.188. The molecule has 204 valence electrons. The molecule has 3 aromatic rings. The Bertz CT molecular complexity index is 1430. The van der Waals surface area contributed by atoms with Gasteiger partial charge >= 0.3 is 0 Å². The van der Waals surface area contributed by atoms with Gasteiger partial charge in [0.1, 0.15) is 0 Å². The second-order valence-electron chi connectivity index (χ2n) is 8.90. The lowest BCUT2D eigenvalue weighted by Crippen LogP contribution is -2.69. The van der Waals surface area contributed by atoms with Gasteiger partial charge in [-0.05, 0) is 46.5 Å². The second-order valence-corrected chi connectivity index (χ2v) is 11.6. The van der Waals surface area contributed by atoms with Gasteiger partial charge in [-0.3, -0.25) is 0 Å². The van der Waals surface area contributed by atoms with Crippen molar-refractivity contribution in [3.63, 3.8) is 0 Å². The minimum atomic E-state index is 0.286. The van der Waals surface area contributed by atoms with Crippen LogP contribution in [0.5, 0.6) is 23.0 Å². The van der Waals surface area contributed by atoms with Crippen molar-refractivity contribution in [3.8, 4) is 23.0 Å². The lowest BCUT2D eigenvalue weighted by Gasteiger charge is -1.99. The molecule has 0 bridgehead atoms. The predicted octanol–water partition coefficient (Wildman–Crippen LogP) is 4.96. The van der Waals surface area contributed by atoms with Gasteiger partial charge in [-0.2, -0.15) is 0 Å². The van der Waals surface area contributed by atoms with Crippen LogP contribution in [-0.4, -0.2) is 37.9 Å². The van der Waals surface area contributed by atoms with Crippen LogP contribution in [0.4, 0.5) is 0 Å². The van der Waals surface area contributed by atoms with E-state index in [1.165, 1.54) is 0 Å². The Morgan fingerprint density at radius 2 is 1.40 bits per heavy atom. The van der Waals surface area contributed by atoms with Gasteiger partial charge in [0.15, 0.2) is 54.7 Å². The molecule has 1 N–H and O–H groups in total. The van der Waals surface area contributed by atoms with Crippen LogP contribution in [0.3, 0.4) is 0 Å². The van der Waals surface area contributed by atoms with Gasteiger partial charge < -0.3 is 18.9 Å². The van der Waals surface area contributed by atoms with E-state index in [2.05, 4.69) is 52.8 Å². The third-order valence-corrected chi connectivity index (χ3v) is 8.51. The van der Waals surface area contributed by atoms with Crippen LogP contribution in [0.25, 0.3) is 18.2 Å². The van der Waals surface area contributed by atoms with Crippen LogP contribution < -0.4 is 28.5 Å². The Balaban J connectivity index is 0.963. The molecule has 0 saturated heterocycles. The van der Waals surface area contributed by atoms with Gasteiger partial charge in [-0.1, -0.05) is 70.7 Å². The third-order valence-electron chi connectivity index (χ3n) is 6.12. The van der Waals surface area contributed by atoms with Gasteiger partial charge in [0.05, 0.1) is 11.5 Å². The summed E-state index contributed by atoms with van der Waals surface area (Å²) in [7, 11) is 3.78. The fourth-order valence-electron chi connectivity index (χ4n) is 3.94. The van der Waals surface area contributed by atoms with Gasteiger partial charge in [-0.25, -0.2) is 9.56 Å². The van der Waals surface area contributed by atoms with Crippen LogP contribution in [0, 0.1) is 0 Å². The smallest absolute Gasteiger partial charge is 0.231 e. The average molecular weight is 573 g/mol. The Kier molecular flexibility index (Phi) is 10.0. The molecule has 40 heavy (non-hydrogen) atoms. The SMILES string of the molecule is C=CC(/C=C/c1ccc2c(c1)OCO2)=C\C=[NH+]CCSSCC[n+]1ccc(/C=C/c2ccc3c(c2)OCO3)cc1. The number of rotatable bonds is 13. The molecule has 2 aliphatic heterocycles. The van der Waals surface area contributed by atoms with E-state index in [1.54, 1.807) is 0 Å². The number of nitrogens with zero attached hydrogens (tertiary/aromatic N) is 1.